The van der Waals surface area contributed by atoms with Gasteiger partial charge in [0.25, 0.3) is 17.9 Å². The Balaban J connectivity index is 1.21. The fraction of sp³-hybridized carbons (Fsp3) is 0.226. The number of hydrogen-bond acceptors (Lipinski definition) is 6. The summed E-state index contributed by atoms with van der Waals surface area (Å²) in [5.41, 5.74) is 2.86. The molecule has 0 spiro atoms. The van der Waals surface area contributed by atoms with E-state index in [1.807, 2.05) is 41.8 Å². The van der Waals surface area contributed by atoms with Gasteiger partial charge in [0.05, 0.1) is 35.1 Å². The van der Waals surface area contributed by atoms with Gasteiger partial charge in [-0.2, -0.15) is 21.1 Å². The van der Waals surface area contributed by atoms with Crippen molar-refractivity contribution in [1.82, 2.24) is 24.9 Å². The van der Waals surface area contributed by atoms with Gasteiger partial charge >= 0.3 is 0 Å². The smallest absolute Gasteiger partial charge is 0.287 e. The van der Waals surface area contributed by atoms with E-state index in [9.17, 15) is 18.4 Å². The number of anilines is 3. The summed E-state index contributed by atoms with van der Waals surface area (Å²) in [5.74, 6) is 0.128. The fourth-order valence-corrected chi connectivity index (χ4v) is 7.26. The average Bonchev–Trinajstić information content (AvgIpc) is 3.63. The van der Waals surface area contributed by atoms with Crippen LogP contribution in [0.1, 0.15) is 16.8 Å². The number of benzene rings is 2. The lowest BCUT2D eigenvalue weighted by Gasteiger charge is -2.26. The molecule has 3 N–H and O–H groups in total. The summed E-state index contributed by atoms with van der Waals surface area (Å²) in [6.45, 7) is 2.58. The van der Waals surface area contributed by atoms with E-state index in [1.54, 1.807) is 28.6 Å². The highest BCUT2D eigenvalue weighted by Gasteiger charge is 2.24. The standard InChI is InChI=1S/C31H30F3N7O2S/c1-19-22(9-10-23(32)29(19)36-31(43)26-8-5-13-44(26)18-20-6-3-2-4-7-20)24-15-25(30(42)38-37-24)35-28-14-21-16-40(17-27(33)34)11-12-41(21)39-28/h2-10,13-15,27,44H,11-12,16-18H2,1H3,(H,36,43)(H,38,42)(H,35,37,39). The SMILES string of the molecule is Cc1c(-c2cc(Nc3cc4n(n3)CCN(CC(F)F)C4)c(=O)[nH]n2)ccc(F)c1NC(=O)C1=CC=C[SH]1Cc1ccccc1. The van der Waals surface area contributed by atoms with Crippen LogP contribution in [0.4, 0.5) is 30.4 Å². The topological polar surface area (TPSA) is 108 Å². The molecule has 1 unspecified atom stereocenters. The molecule has 2 aromatic heterocycles. The van der Waals surface area contributed by atoms with Gasteiger partial charge in [0.15, 0.2) is 5.82 Å². The van der Waals surface area contributed by atoms with E-state index in [0.29, 0.717) is 52.9 Å². The number of nitrogens with zero attached hydrogens (tertiary/aromatic N) is 4. The van der Waals surface area contributed by atoms with Crippen molar-refractivity contribution in [3.63, 3.8) is 0 Å². The van der Waals surface area contributed by atoms with E-state index >= 15 is 4.39 Å². The Kier molecular flexibility index (Phi) is 8.40. The first kappa shape index (κ1) is 29.5. The Morgan fingerprint density at radius 3 is 2.75 bits per heavy atom. The Morgan fingerprint density at radius 1 is 1.14 bits per heavy atom. The number of H-pyrrole nitrogens is 1. The molecule has 44 heavy (non-hydrogen) atoms. The predicted octanol–water partition coefficient (Wildman–Crippen LogP) is 5.46. The molecule has 2 aliphatic rings. The van der Waals surface area contributed by atoms with Gasteiger partial charge in [-0.15, -0.1) is 0 Å². The van der Waals surface area contributed by atoms with Crippen LogP contribution in [0.2, 0.25) is 0 Å². The number of nitrogens with one attached hydrogen (secondary N) is 3. The largest absolute Gasteiger partial charge is 0.334 e. The Morgan fingerprint density at radius 2 is 1.95 bits per heavy atom. The molecule has 1 atom stereocenters. The molecule has 1 amide bonds. The maximum Gasteiger partial charge on any atom is 0.287 e. The van der Waals surface area contributed by atoms with E-state index in [4.69, 9.17) is 0 Å². The monoisotopic (exact) mass is 621 g/mol. The second kappa shape index (κ2) is 12.5. The number of allylic oxidation sites excluding steroid dienone is 2. The molecule has 228 valence electrons. The third-order valence-electron chi connectivity index (χ3n) is 7.53. The lowest BCUT2D eigenvalue weighted by molar-refractivity contribution is -0.112. The average molecular weight is 622 g/mol. The Hall–Kier alpha value is -4.62. The number of thiol groups is 1. The van der Waals surface area contributed by atoms with Crippen LogP contribution < -0.4 is 16.2 Å². The molecule has 2 aliphatic heterocycles. The van der Waals surface area contributed by atoms with Crippen molar-refractivity contribution in [2.24, 2.45) is 0 Å². The van der Waals surface area contributed by atoms with Crippen LogP contribution in [0, 0.1) is 12.7 Å². The van der Waals surface area contributed by atoms with Crippen LogP contribution in [0.25, 0.3) is 11.3 Å². The third-order valence-corrected chi connectivity index (χ3v) is 9.73. The zero-order chi connectivity index (χ0) is 30.8. The van der Waals surface area contributed by atoms with E-state index < -0.39 is 28.7 Å². The van der Waals surface area contributed by atoms with Gasteiger partial charge in [0.1, 0.15) is 11.5 Å². The normalized spacial score (nSPS) is 17.0. The maximum atomic E-state index is 15.1. The van der Waals surface area contributed by atoms with Crippen LogP contribution in [0.5, 0.6) is 0 Å². The van der Waals surface area contributed by atoms with Crippen molar-refractivity contribution in [3.05, 3.63) is 110 Å². The number of fused-ring (bicyclic) bond motifs is 1. The van der Waals surface area contributed by atoms with Crippen molar-refractivity contribution >= 4 is 34.0 Å². The van der Waals surface area contributed by atoms with Crippen molar-refractivity contribution < 1.29 is 18.0 Å². The van der Waals surface area contributed by atoms with E-state index in [2.05, 4.69) is 25.9 Å². The first-order valence-electron chi connectivity index (χ1n) is 14.0. The molecule has 9 nitrogen and oxygen atoms in total. The maximum absolute atomic E-state index is 15.1. The Bertz CT molecular complexity index is 1820. The van der Waals surface area contributed by atoms with Crippen molar-refractivity contribution in [1.29, 1.82) is 0 Å². The molecule has 0 saturated carbocycles. The molecule has 2 aromatic carbocycles. The molecule has 13 heteroatoms. The van der Waals surface area contributed by atoms with Crippen LogP contribution in [-0.4, -0.2) is 50.3 Å². The summed E-state index contributed by atoms with van der Waals surface area (Å²) >= 11 is 0. The molecular formula is C31H30F3N7O2S. The number of amides is 1. The molecular weight excluding hydrogens is 591 g/mol. The van der Waals surface area contributed by atoms with Crippen LogP contribution in [0.15, 0.2) is 81.9 Å². The fourth-order valence-electron chi connectivity index (χ4n) is 5.33. The molecule has 0 saturated heterocycles. The highest BCUT2D eigenvalue weighted by Crippen LogP contribution is 2.44. The molecule has 4 aromatic rings. The lowest BCUT2D eigenvalue weighted by Crippen LogP contribution is -2.36. The van der Waals surface area contributed by atoms with E-state index in [0.717, 1.165) is 11.3 Å². The van der Waals surface area contributed by atoms with Crippen molar-refractivity contribution in [2.45, 2.75) is 32.2 Å². The summed E-state index contributed by atoms with van der Waals surface area (Å²) in [4.78, 5) is 28.2. The molecule has 0 aliphatic carbocycles. The number of carbonyl (C=O) groups excluding carboxylic acids is 1. The zero-order valence-electron chi connectivity index (χ0n) is 23.7. The number of halogens is 3. The molecule has 6 rings (SSSR count). The van der Waals surface area contributed by atoms with Crippen molar-refractivity contribution in [3.8, 4) is 11.3 Å². The Labute approximate surface area is 253 Å². The summed E-state index contributed by atoms with van der Waals surface area (Å²) in [6, 6.07) is 15.9. The number of hydrogen-bond donors (Lipinski definition) is 4. The summed E-state index contributed by atoms with van der Waals surface area (Å²) in [6.07, 6.45) is 1.21. The lowest BCUT2D eigenvalue weighted by atomic mass is 10.0. The van der Waals surface area contributed by atoms with Crippen molar-refractivity contribution in [2.75, 3.05) is 23.7 Å². The van der Waals surface area contributed by atoms with Crippen LogP contribution in [0.3, 0.4) is 0 Å². The third kappa shape index (κ3) is 6.33. The number of rotatable bonds is 9. The van der Waals surface area contributed by atoms with Crippen LogP contribution >= 0.6 is 10.9 Å². The summed E-state index contributed by atoms with van der Waals surface area (Å²) in [5, 5.41) is 18.9. The molecule has 0 bridgehead atoms. The number of aromatic nitrogens is 4. The molecule has 4 heterocycles. The van der Waals surface area contributed by atoms with Gasteiger partial charge < -0.3 is 10.6 Å². The minimum absolute atomic E-state index is 0.0348. The van der Waals surface area contributed by atoms with Gasteiger partial charge in [-0.25, -0.2) is 18.3 Å². The quantitative estimate of drug-likeness (QED) is 0.185. The van der Waals surface area contributed by atoms with Gasteiger partial charge in [-0.3, -0.25) is 19.2 Å². The number of alkyl halides is 2. The summed E-state index contributed by atoms with van der Waals surface area (Å²) < 4.78 is 42.5. The van der Waals surface area contributed by atoms with E-state index in [-0.39, 0.29) is 23.8 Å². The number of carbonyl (C=O) groups is 1. The first-order chi connectivity index (χ1) is 21.2. The first-order valence-corrected chi connectivity index (χ1v) is 15.6. The van der Waals surface area contributed by atoms with Crippen LogP contribution in [-0.2, 0) is 23.6 Å². The predicted molar refractivity (Wildman–Crippen MR) is 167 cm³/mol. The highest BCUT2D eigenvalue weighted by molar-refractivity contribution is 8.23. The minimum atomic E-state index is -2.42. The van der Waals surface area contributed by atoms with Gasteiger partial charge in [-0.05, 0) is 47.7 Å². The second-order valence-electron chi connectivity index (χ2n) is 10.5. The second-order valence-corrected chi connectivity index (χ2v) is 12.6. The number of aromatic amines is 1. The van der Waals surface area contributed by atoms with E-state index in [1.165, 1.54) is 18.2 Å². The summed E-state index contributed by atoms with van der Waals surface area (Å²) in [7, 11) is -0.888. The minimum Gasteiger partial charge on any atom is -0.334 e. The zero-order valence-corrected chi connectivity index (χ0v) is 24.6. The molecule has 0 radical (unpaired) electrons. The van der Waals surface area contributed by atoms with Gasteiger partial charge in [0, 0.05) is 30.5 Å². The van der Waals surface area contributed by atoms with Gasteiger partial charge in [0.2, 0.25) is 0 Å². The highest BCUT2D eigenvalue weighted by atomic mass is 32.2. The van der Waals surface area contributed by atoms with Gasteiger partial charge in [-0.1, -0.05) is 36.4 Å². The molecule has 0 fully saturated rings.